The lowest BCUT2D eigenvalue weighted by Gasteiger charge is -2.00. The van der Waals surface area contributed by atoms with Crippen molar-refractivity contribution in [3.05, 3.63) is 41.6 Å². The van der Waals surface area contributed by atoms with Crippen molar-refractivity contribution in [3.8, 4) is 0 Å². The van der Waals surface area contributed by atoms with Crippen LogP contribution in [-0.2, 0) is 12.8 Å². The lowest BCUT2D eigenvalue weighted by molar-refractivity contribution is 0.448. The predicted molar refractivity (Wildman–Crippen MR) is 65.8 cm³/mol. The Morgan fingerprint density at radius 2 is 2.24 bits per heavy atom. The molecule has 2 heterocycles. The fourth-order valence-electron chi connectivity index (χ4n) is 1.94. The molecule has 0 saturated carbocycles. The van der Waals surface area contributed by atoms with Crippen LogP contribution >= 0.6 is 11.8 Å². The van der Waals surface area contributed by atoms with Crippen LogP contribution in [0.1, 0.15) is 22.6 Å². The first-order valence-electron chi connectivity index (χ1n) is 5.63. The van der Waals surface area contributed by atoms with Gasteiger partial charge in [0.15, 0.2) is 0 Å². The molecule has 1 aliphatic rings. The van der Waals surface area contributed by atoms with Crippen molar-refractivity contribution in [2.24, 2.45) is 5.73 Å². The summed E-state index contributed by atoms with van der Waals surface area (Å²) >= 11 is 1.79. The van der Waals surface area contributed by atoms with Crippen molar-refractivity contribution >= 4 is 11.8 Å². The summed E-state index contributed by atoms with van der Waals surface area (Å²) in [5.41, 5.74) is 6.82. The molecule has 1 aliphatic heterocycles. The molecule has 0 amide bonds. The summed E-state index contributed by atoms with van der Waals surface area (Å²) in [5.74, 6) is 1.36. The number of thioether (sulfide) groups is 1. The molecule has 4 nitrogen and oxygen atoms in total. The van der Waals surface area contributed by atoms with Crippen LogP contribution < -0.4 is 5.73 Å². The van der Waals surface area contributed by atoms with Gasteiger partial charge in [-0.05, 0) is 18.1 Å². The molecule has 1 unspecified atom stereocenters. The Kier molecular flexibility index (Phi) is 2.86. The summed E-state index contributed by atoms with van der Waals surface area (Å²) in [4.78, 5) is 1.32. The van der Waals surface area contributed by atoms with E-state index in [0.717, 1.165) is 12.3 Å². The van der Waals surface area contributed by atoms with Crippen LogP contribution in [0.5, 0.6) is 0 Å². The Labute approximate surface area is 104 Å². The topological polar surface area (TPSA) is 64.9 Å². The third-order valence-corrected chi connectivity index (χ3v) is 4.07. The molecule has 2 N–H and O–H groups in total. The Bertz CT molecular complexity index is 501. The van der Waals surface area contributed by atoms with Gasteiger partial charge in [-0.15, -0.1) is 22.0 Å². The van der Waals surface area contributed by atoms with E-state index in [2.05, 4.69) is 34.5 Å². The fraction of sp³-hybridized carbons (Fsp3) is 0.333. The highest BCUT2D eigenvalue weighted by Crippen LogP contribution is 2.45. The summed E-state index contributed by atoms with van der Waals surface area (Å²) in [7, 11) is 0. The van der Waals surface area contributed by atoms with Crippen molar-refractivity contribution in [2.45, 2.75) is 23.0 Å². The molecule has 0 fully saturated rings. The van der Waals surface area contributed by atoms with Crippen molar-refractivity contribution in [1.29, 1.82) is 0 Å². The molecule has 1 atom stereocenters. The van der Waals surface area contributed by atoms with Gasteiger partial charge in [-0.2, -0.15) is 0 Å². The molecule has 0 saturated heterocycles. The number of nitrogens with two attached hydrogens (primary N) is 1. The van der Waals surface area contributed by atoms with E-state index in [1.165, 1.54) is 10.5 Å². The maximum atomic E-state index is 5.62. The highest BCUT2D eigenvalue weighted by Gasteiger charge is 2.27. The van der Waals surface area contributed by atoms with Crippen LogP contribution in [0.2, 0.25) is 0 Å². The van der Waals surface area contributed by atoms with Crippen LogP contribution in [-0.4, -0.2) is 16.7 Å². The number of hydrogen-bond acceptors (Lipinski definition) is 5. The van der Waals surface area contributed by atoms with E-state index in [1.54, 1.807) is 11.8 Å². The number of aromatic nitrogens is 2. The quantitative estimate of drug-likeness (QED) is 0.898. The normalized spacial score (nSPS) is 18.3. The van der Waals surface area contributed by atoms with E-state index < -0.39 is 0 Å². The standard InChI is InChI=1S/C12H13N3OS/c13-6-5-11-14-15-12(16-11)10-7-8-3-1-2-4-9(8)17-10/h1-4,10H,5-7,13H2. The highest BCUT2D eigenvalue weighted by atomic mass is 32.2. The molecule has 0 radical (unpaired) electrons. The van der Waals surface area contributed by atoms with Crippen molar-refractivity contribution in [2.75, 3.05) is 6.54 Å². The Morgan fingerprint density at radius 1 is 1.35 bits per heavy atom. The van der Waals surface area contributed by atoms with Gasteiger partial charge in [-0.25, -0.2) is 0 Å². The summed E-state index contributed by atoms with van der Waals surface area (Å²) in [6, 6.07) is 8.41. The van der Waals surface area contributed by atoms with Gasteiger partial charge >= 0.3 is 0 Å². The number of hydrogen-bond donors (Lipinski definition) is 1. The molecule has 1 aromatic heterocycles. The van der Waals surface area contributed by atoms with Gasteiger partial charge in [0, 0.05) is 17.9 Å². The number of rotatable bonds is 3. The van der Waals surface area contributed by atoms with Crippen LogP contribution in [0.25, 0.3) is 0 Å². The van der Waals surface area contributed by atoms with Crippen LogP contribution in [0.15, 0.2) is 33.6 Å². The maximum absolute atomic E-state index is 5.62. The maximum Gasteiger partial charge on any atom is 0.230 e. The van der Waals surface area contributed by atoms with Gasteiger partial charge in [-0.1, -0.05) is 18.2 Å². The molecule has 3 rings (SSSR count). The highest BCUT2D eigenvalue weighted by molar-refractivity contribution is 7.99. The van der Waals surface area contributed by atoms with Crippen molar-refractivity contribution in [1.82, 2.24) is 10.2 Å². The monoisotopic (exact) mass is 247 g/mol. The zero-order chi connectivity index (χ0) is 11.7. The first-order chi connectivity index (χ1) is 8.36. The average molecular weight is 247 g/mol. The fourth-order valence-corrected chi connectivity index (χ4v) is 3.17. The van der Waals surface area contributed by atoms with Gasteiger partial charge in [0.25, 0.3) is 0 Å². The second kappa shape index (κ2) is 4.50. The summed E-state index contributed by atoms with van der Waals surface area (Å²) in [6.45, 7) is 0.541. The van der Waals surface area contributed by atoms with Gasteiger partial charge in [-0.3, -0.25) is 0 Å². The van der Waals surface area contributed by atoms with E-state index in [-0.39, 0.29) is 5.25 Å². The molecular formula is C12H13N3OS. The second-order valence-corrected chi connectivity index (χ2v) is 5.24. The first kappa shape index (κ1) is 10.8. The third-order valence-electron chi connectivity index (χ3n) is 2.76. The van der Waals surface area contributed by atoms with Crippen LogP contribution in [0, 0.1) is 0 Å². The largest absolute Gasteiger partial charge is 0.424 e. The minimum Gasteiger partial charge on any atom is -0.424 e. The third kappa shape index (κ3) is 2.08. The predicted octanol–water partition coefficient (Wildman–Crippen LogP) is 1.96. The first-order valence-corrected chi connectivity index (χ1v) is 6.51. The second-order valence-electron chi connectivity index (χ2n) is 3.99. The summed E-state index contributed by atoms with van der Waals surface area (Å²) < 4.78 is 5.62. The smallest absolute Gasteiger partial charge is 0.230 e. The minimum atomic E-state index is 0.256. The van der Waals surface area contributed by atoms with Gasteiger partial charge < -0.3 is 10.2 Å². The zero-order valence-electron chi connectivity index (χ0n) is 9.30. The molecule has 5 heteroatoms. The van der Waals surface area contributed by atoms with E-state index in [1.807, 2.05) is 0 Å². The molecule has 1 aromatic carbocycles. The van der Waals surface area contributed by atoms with E-state index in [4.69, 9.17) is 10.2 Å². The molecule has 2 aromatic rings. The number of nitrogens with zero attached hydrogens (tertiary/aromatic N) is 2. The van der Waals surface area contributed by atoms with Gasteiger partial charge in [0.1, 0.15) is 0 Å². The van der Waals surface area contributed by atoms with Crippen LogP contribution in [0.4, 0.5) is 0 Å². The Morgan fingerprint density at radius 3 is 3.06 bits per heavy atom. The van der Waals surface area contributed by atoms with Gasteiger partial charge in [0.2, 0.25) is 11.8 Å². The summed E-state index contributed by atoms with van der Waals surface area (Å²) in [6.07, 6.45) is 1.61. The molecule has 88 valence electrons. The Balaban J connectivity index is 1.79. The number of fused-ring (bicyclic) bond motifs is 1. The van der Waals surface area contributed by atoms with E-state index in [9.17, 15) is 0 Å². The van der Waals surface area contributed by atoms with E-state index >= 15 is 0 Å². The Hall–Kier alpha value is -1.33. The van der Waals surface area contributed by atoms with E-state index in [0.29, 0.717) is 18.9 Å². The minimum absolute atomic E-state index is 0.256. The molecule has 17 heavy (non-hydrogen) atoms. The van der Waals surface area contributed by atoms with Crippen LogP contribution in [0.3, 0.4) is 0 Å². The summed E-state index contributed by atoms with van der Waals surface area (Å²) in [5, 5.41) is 8.37. The lowest BCUT2D eigenvalue weighted by Crippen LogP contribution is -2.02. The van der Waals surface area contributed by atoms with Crippen molar-refractivity contribution in [3.63, 3.8) is 0 Å². The molecular weight excluding hydrogens is 234 g/mol. The average Bonchev–Trinajstić information content (AvgIpc) is 2.94. The lowest BCUT2D eigenvalue weighted by atomic mass is 10.1. The number of benzene rings is 1. The molecule has 0 aliphatic carbocycles. The SMILES string of the molecule is NCCc1nnc(C2Cc3ccccc3S2)o1. The van der Waals surface area contributed by atoms with Gasteiger partial charge in [0.05, 0.1) is 5.25 Å². The molecule has 0 spiro atoms. The van der Waals surface area contributed by atoms with Crippen molar-refractivity contribution < 1.29 is 4.42 Å². The molecule has 0 bridgehead atoms. The zero-order valence-corrected chi connectivity index (χ0v) is 10.1.